The van der Waals surface area contributed by atoms with Crippen molar-refractivity contribution in [3.05, 3.63) is 50.7 Å². The minimum absolute atomic E-state index is 0.0878. The molecule has 2 heterocycles. The van der Waals surface area contributed by atoms with Gasteiger partial charge in [-0.3, -0.25) is 14.3 Å². The van der Waals surface area contributed by atoms with Gasteiger partial charge in [-0.2, -0.15) is 10.1 Å². The minimum atomic E-state index is -0.553. The molecule has 10 nitrogen and oxygen atoms in total. The maximum absolute atomic E-state index is 12.2. The van der Waals surface area contributed by atoms with E-state index < -0.39 is 11.2 Å². The topological polar surface area (TPSA) is 127 Å². The molecule has 0 aliphatic carbocycles. The van der Waals surface area contributed by atoms with Crippen molar-refractivity contribution in [1.82, 2.24) is 19.1 Å². The monoisotopic (exact) mass is 358 g/mol. The molecule has 0 radical (unpaired) electrons. The van der Waals surface area contributed by atoms with E-state index in [9.17, 15) is 14.7 Å². The third kappa shape index (κ3) is 3.22. The second kappa shape index (κ2) is 7.23. The van der Waals surface area contributed by atoms with E-state index in [-0.39, 0.29) is 22.9 Å². The van der Waals surface area contributed by atoms with E-state index in [1.54, 1.807) is 35.9 Å². The third-order valence-corrected chi connectivity index (χ3v) is 3.83. The van der Waals surface area contributed by atoms with E-state index in [4.69, 9.17) is 4.74 Å². The first-order valence-electron chi connectivity index (χ1n) is 7.78. The van der Waals surface area contributed by atoms with Crippen molar-refractivity contribution in [1.29, 1.82) is 0 Å². The number of hydrogen-bond donors (Lipinski definition) is 3. The molecule has 0 saturated carbocycles. The summed E-state index contributed by atoms with van der Waals surface area (Å²) in [4.78, 5) is 30.6. The van der Waals surface area contributed by atoms with Gasteiger partial charge in [0.25, 0.3) is 5.56 Å². The van der Waals surface area contributed by atoms with Crippen molar-refractivity contribution in [2.75, 3.05) is 19.1 Å². The van der Waals surface area contributed by atoms with E-state index >= 15 is 0 Å². The van der Waals surface area contributed by atoms with Crippen molar-refractivity contribution in [2.45, 2.75) is 6.54 Å². The number of hydrazone groups is 1. The number of methoxy groups -OCH3 is 1. The molecule has 0 bridgehead atoms. The molecule has 0 aliphatic heterocycles. The van der Waals surface area contributed by atoms with Gasteiger partial charge in [0.2, 0.25) is 5.95 Å². The molecular formula is C16H18N6O4. The van der Waals surface area contributed by atoms with Gasteiger partial charge < -0.3 is 14.4 Å². The summed E-state index contributed by atoms with van der Waals surface area (Å²) in [6.45, 7) is 0.675. The van der Waals surface area contributed by atoms with E-state index in [0.717, 1.165) is 0 Å². The molecule has 10 heteroatoms. The normalized spacial score (nSPS) is 11.5. The third-order valence-electron chi connectivity index (χ3n) is 3.83. The standard InChI is InChI=1S/C16H18N6O4/c1-21-13-12(14(24)19-16(21)25)22(7-8-26-2)15(18-13)20-17-9-10-5-3-4-6-11(10)23/h3-6,9,23H,7-8H2,1-2H3,(H,18,20)(H,19,24,25)/b17-9-. The number of hydrogen-bond acceptors (Lipinski definition) is 7. The molecule has 0 amide bonds. The van der Waals surface area contributed by atoms with Gasteiger partial charge in [0.15, 0.2) is 11.2 Å². The van der Waals surface area contributed by atoms with Crippen LogP contribution in [-0.4, -0.2) is 44.1 Å². The quantitative estimate of drug-likeness (QED) is 0.427. The Morgan fingerprint density at radius 1 is 1.38 bits per heavy atom. The maximum atomic E-state index is 12.2. The van der Waals surface area contributed by atoms with Crippen LogP contribution in [0, 0.1) is 0 Å². The first-order valence-corrected chi connectivity index (χ1v) is 7.78. The van der Waals surface area contributed by atoms with Gasteiger partial charge in [-0.05, 0) is 12.1 Å². The van der Waals surface area contributed by atoms with Crippen LogP contribution in [0.15, 0.2) is 39.0 Å². The lowest BCUT2D eigenvalue weighted by Gasteiger charge is -2.07. The summed E-state index contributed by atoms with van der Waals surface area (Å²) in [5.74, 6) is 0.361. The number of para-hydroxylation sites is 1. The number of aromatic nitrogens is 4. The first kappa shape index (κ1) is 17.4. The Bertz CT molecular complexity index is 1080. The Kier molecular flexibility index (Phi) is 4.85. The van der Waals surface area contributed by atoms with Crippen LogP contribution in [0.3, 0.4) is 0 Å². The summed E-state index contributed by atoms with van der Waals surface area (Å²) in [6, 6.07) is 6.72. The zero-order valence-corrected chi connectivity index (χ0v) is 14.3. The summed E-state index contributed by atoms with van der Waals surface area (Å²) in [5, 5.41) is 13.8. The summed E-state index contributed by atoms with van der Waals surface area (Å²) >= 11 is 0. The number of phenols is 1. The predicted octanol–water partition coefficient (Wildman–Crippen LogP) is 0.221. The number of H-pyrrole nitrogens is 1. The van der Waals surface area contributed by atoms with Crippen molar-refractivity contribution < 1.29 is 9.84 Å². The molecule has 0 saturated heterocycles. The maximum Gasteiger partial charge on any atom is 0.329 e. The molecule has 0 aliphatic rings. The van der Waals surface area contributed by atoms with Crippen LogP contribution < -0.4 is 16.7 Å². The summed E-state index contributed by atoms with van der Waals surface area (Å²) in [5.41, 5.74) is 2.65. The molecule has 136 valence electrons. The van der Waals surface area contributed by atoms with Crippen molar-refractivity contribution in [3.8, 4) is 5.75 Å². The number of anilines is 1. The number of benzene rings is 1. The summed E-state index contributed by atoms with van der Waals surface area (Å²) in [6.07, 6.45) is 1.43. The van der Waals surface area contributed by atoms with Crippen molar-refractivity contribution >= 4 is 23.3 Å². The Balaban J connectivity index is 2.03. The molecule has 0 atom stereocenters. The second-order valence-electron chi connectivity index (χ2n) is 5.50. The summed E-state index contributed by atoms with van der Waals surface area (Å²) < 4.78 is 7.90. The Labute approximate surface area is 147 Å². The van der Waals surface area contributed by atoms with Crippen molar-refractivity contribution in [3.63, 3.8) is 0 Å². The fraction of sp³-hybridized carbons (Fsp3) is 0.250. The van der Waals surface area contributed by atoms with Gasteiger partial charge in [0.1, 0.15) is 5.75 Å². The molecule has 0 fully saturated rings. The summed E-state index contributed by atoms with van der Waals surface area (Å²) in [7, 11) is 3.06. The molecule has 3 rings (SSSR count). The average molecular weight is 358 g/mol. The number of nitrogens with one attached hydrogen (secondary N) is 2. The van der Waals surface area contributed by atoms with Crippen LogP contribution in [-0.2, 0) is 18.3 Å². The molecule has 26 heavy (non-hydrogen) atoms. The fourth-order valence-electron chi connectivity index (χ4n) is 2.48. The lowest BCUT2D eigenvalue weighted by molar-refractivity contribution is 0.188. The number of aryl methyl sites for hydroxylation is 1. The van der Waals surface area contributed by atoms with Crippen molar-refractivity contribution in [2.24, 2.45) is 12.1 Å². The first-order chi connectivity index (χ1) is 12.5. The van der Waals surface area contributed by atoms with Gasteiger partial charge in [0.05, 0.1) is 12.8 Å². The highest BCUT2D eigenvalue weighted by Crippen LogP contribution is 2.16. The van der Waals surface area contributed by atoms with E-state index in [0.29, 0.717) is 18.7 Å². The number of fused-ring (bicyclic) bond motifs is 1. The van der Waals surface area contributed by atoms with Gasteiger partial charge in [0, 0.05) is 26.3 Å². The number of imidazole rings is 1. The number of phenolic OH excluding ortho intramolecular Hbond substituents is 1. The van der Waals surface area contributed by atoms with Crippen LogP contribution in [0.1, 0.15) is 5.56 Å². The van der Waals surface area contributed by atoms with E-state index in [2.05, 4.69) is 20.5 Å². The highest BCUT2D eigenvalue weighted by atomic mass is 16.5. The molecule has 3 aromatic rings. The van der Waals surface area contributed by atoms with Crippen LogP contribution in [0.25, 0.3) is 11.2 Å². The lowest BCUT2D eigenvalue weighted by atomic mass is 10.2. The average Bonchev–Trinajstić information content (AvgIpc) is 2.99. The van der Waals surface area contributed by atoms with Gasteiger partial charge in [-0.15, -0.1) is 0 Å². The van der Waals surface area contributed by atoms with E-state index in [1.165, 1.54) is 17.8 Å². The lowest BCUT2D eigenvalue weighted by Crippen LogP contribution is -2.29. The van der Waals surface area contributed by atoms with Gasteiger partial charge >= 0.3 is 5.69 Å². The number of ether oxygens (including phenoxy) is 1. The van der Waals surface area contributed by atoms with Gasteiger partial charge in [-0.25, -0.2) is 10.2 Å². The largest absolute Gasteiger partial charge is 0.507 e. The molecular weight excluding hydrogens is 340 g/mol. The number of aromatic amines is 1. The smallest absolute Gasteiger partial charge is 0.329 e. The highest BCUT2D eigenvalue weighted by Gasteiger charge is 2.16. The molecule has 1 aromatic carbocycles. The Hall–Kier alpha value is -3.40. The Morgan fingerprint density at radius 3 is 2.88 bits per heavy atom. The zero-order chi connectivity index (χ0) is 18.7. The SMILES string of the molecule is COCCn1c(N/N=C\c2ccccc2O)nc2c1c(=O)[nH]c(=O)n2C. The molecule has 0 spiro atoms. The highest BCUT2D eigenvalue weighted by molar-refractivity contribution is 5.83. The van der Waals surface area contributed by atoms with Crippen LogP contribution in [0.4, 0.5) is 5.95 Å². The number of nitrogens with zero attached hydrogens (tertiary/aromatic N) is 4. The fourth-order valence-corrected chi connectivity index (χ4v) is 2.48. The van der Waals surface area contributed by atoms with E-state index in [1.807, 2.05) is 0 Å². The second-order valence-corrected chi connectivity index (χ2v) is 5.50. The number of aromatic hydroxyl groups is 1. The minimum Gasteiger partial charge on any atom is -0.507 e. The van der Waals surface area contributed by atoms with Gasteiger partial charge in [-0.1, -0.05) is 12.1 Å². The van der Waals surface area contributed by atoms with Crippen LogP contribution in [0.5, 0.6) is 5.75 Å². The molecule has 0 unspecified atom stereocenters. The number of rotatable bonds is 6. The predicted molar refractivity (Wildman–Crippen MR) is 96.8 cm³/mol. The Morgan fingerprint density at radius 2 is 2.15 bits per heavy atom. The van der Waals surface area contributed by atoms with Crippen LogP contribution in [0.2, 0.25) is 0 Å². The van der Waals surface area contributed by atoms with Crippen LogP contribution >= 0.6 is 0 Å². The molecule has 2 aromatic heterocycles. The zero-order valence-electron chi connectivity index (χ0n) is 14.3. The molecule has 3 N–H and O–H groups in total.